The van der Waals surface area contributed by atoms with Gasteiger partial charge in [0, 0.05) is 42.7 Å². The number of nitrogens with zero attached hydrogens (tertiary/aromatic N) is 3. The van der Waals surface area contributed by atoms with E-state index >= 15 is 0 Å². The Balaban J connectivity index is 1.14. The Bertz CT molecular complexity index is 1460. The molecule has 2 fully saturated rings. The van der Waals surface area contributed by atoms with Crippen LogP contribution in [0.1, 0.15) is 54.7 Å². The van der Waals surface area contributed by atoms with Crippen LogP contribution >= 0.6 is 11.6 Å². The second kappa shape index (κ2) is 11.5. The Morgan fingerprint density at radius 3 is 2.78 bits per heavy atom. The Kier molecular flexibility index (Phi) is 7.76. The SMILES string of the molecule is CC1(c2ccc(Cl)cc2F)Oc2cccc(C3CCN(Cc4ncc(/C=C/C(=O)O)n4C[C@H]4CCOC4)CC3)c2O1. The van der Waals surface area contributed by atoms with Crippen LogP contribution in [0.3, 0.4) is 0 Å². The monoisotopic (exact) mass is 581 g/mol. The fraction of sp³-hybridized carbons (Fsp3) is 0.419. The van der Waals surface area contributed by atoms with E-state index in [-0.39, 0.29) is 5.92 Å². The minimum atomic E-state index is -1.28. The van der Waals surface area contributed by atoms with Crippen molar-refractivity contribution >= 4 is 23.6 Å². The molecule has 3 aliphatic rings. The zero-order chi connectivity index (χ0) is 28.6. The van der Waals surface area contributed by atoms with Gasteiger partial charge in [-0.1, -0.05) is 23.7 Å². The fourth-order valence-corrected chi connectivity index (χ4v) is 6.24. The average Bonchev–Trinajstić information content (AvgIpc) is 3.67. The van der Waals surface area contributed by atoms with E-state index in [4.69, 9.17) is 30.9 Å². The van der Waals surface area contributed by atoms with Crippen LogP contribution in [0.25, 0.3) is 6.08 Å². The number of fused-ring (bicyclic) bond motifs is 1. The molecule has 8 nitrogen and oxygen atoms in total. The van der Waals surface area contributed by atoms with E-state index < -0.39 is 17.6 Å². The van der Waals surface area contributed by atoms with E-state index in [1.807, 2.05) is 12.1 Å². The Morgan fingerprint density at radius 1 is 1.22 bits per heavy atom. The van der Waals surface area contributed by atoms with E-state index in [1.54, 1.807) is 31.3 Å². The number of likely N-dealkylation sites (tertiary alicyclic amines) is 1. The maximum Gasteiger partial charge on any atom is 0.328 e. The molecule has 2 saturated heterocycles. The summed E-state index contributed by atoms with van der Waals surface area (Å²) in [6.45, 7) is 6.38. The number of hydrogen-bond donors (Lipinski definition) is 1. The third kappa shape index (κ3) is 5.84. The quantitative estimate of drug-likeness (QED) is 0.335. The normalized spacial score (nSPS) is 23.0. The smallest absolute Gasteiger partial charge is 0.328 e. The second-order valence-electron chi connectivity index (χ2n) is 11.1. The minimum absolute atomic E-state index is 0.270. The summed E-state index contributed by atoms with van der Waals surface area (Å²) in [6.07, 6.45) is 7.36. The van der Waals surface area contributed by atoms with Gasteiger partial charge in [0.2, 0.25) is 0 Å². The van der Waals surface area contributed by atoms with Gasteiger partial charge in [-0.25, -0.2) is 14.2 Å². The number of carbonyl (C=O) groups is 1. The molecule has 2 atom stereocenters. The Labute approximate surface area is 243 Å². The molecule has 3 aliphatic heterocycles. The van der Waals surface area contributed by atoms with Crippen molar-refractivity contribution in [3.8, 4) is 11.5 Å². The lowest BCUT2D eigenvalue weighted by Crippen LogP contribution is -2.34. The summed E-state index contributed by atoms with van der Waals surface area (Å²) in [5.41, 5.74) is 2.17. The molecule has 2 aromatic carbocycles. The van der Waals surface area contributed by atoms with Gasteiger partial charge in [0.15, 0.2) is 11.5 Å². The maximum atomic E-state index is 14.8. The van der Waals surface area contributed by atoms with Crippen LogP contribution in [-0.4, -0.2) is 51.8 Å². The molecule has 1 unspecified atom stereocenters. The first kappa shape index (κ1) is 27.8. The van der Waals surface area contributed by atoms with Gasteiger partial charge in [-0.15, -0.1) is 0 Å². The molecule has 4 heterocycles. The first-order valence-electron chi connectivity index (χ1n) is 14.0. The number of imidazole rings is 1. The second-order valence-corrected chi connectivity index (χ2v) is 11.5. The van der Waals surface area contributed by atoms with Gasteiger partial charge in [0.1, 0.15) is 11.6 Å². The predicted octanol–water partition coefficient (Wildman–Crippen LogP) is 5.83. The lowest BCUT2D eigenvalue weighted by molar-refractivity contribution is -0.131. The van der Waals surface area contributed by atoms with E-state index in [9.17, 15) is 9.18 Å². The first-order valence-corrected chi connectivity index (χ1v) is 14.4. The zero-order valence-corrected chi connectivity index (χ0v) is 23.6. The fourth-order valence-electron chi connectivity index (χ4n) is 6.08. The van der Waals surface area contributed by atoms with E-state index in [0.717, 1.165) is 68.7 Å². The molecule has 41 heavy (non-hydrogen) atoms. The van der Waals surface area contributed by atoms with Crippen molar-refractivity contribution in [3.05, 3.63) is 82.2 Å². The molecule has 0 amide bonds. The van der Waals surface area contributed by atoms with E-state index in [1.165, 1.54) is 6.07 Å². The third-order valence-electron chi connectivity index (χ3n) is 8.25. The molecule has 1 aromatic heterocycles. The number of hydrogen-bond acceptors (Lipinski definition) is 6. The summed E-state index contributed by atoms with van der Waals surface area (Å²) in [7, 11) is 0. The summed E-state index contributed by atoms with van der Waals surface area (Å²) in [6, 6.07) is 10.4. The molecule has 3 aromatic rings. The topological polar surface area (TPSA) is 86.1 Å². The van der Waals surface area contributed by atoms with Crippen molar-refractivity contribution in [1.82, 2.24) is 14.5 Å². The van der Waals surface area contributed by atoms with Crippen LogP contribution < -0.4 is 9.47 Å². The van der Waals surface area contributed by atoms with Gasteiger partial charge in [-0.3, -0.25) is 4.90 Å². The van der Waals surface area contributed by atoms with Gasteiger partial charge < -0.3 is 23.9 Å². The van der Waals surface area contributed by atoms with Crippen molar-refractivity contribution in [3.63, 3.8) is 0 Å². The molecular weight excluding hydrogens is 549 g/mol. The Morgan fingerprint density at radius 2 is 2.05 bits per heavy atom. The summed E-state index contributed by atoms with van der Waals surface area (Å²) >= 11 is 5.96. The molecule has 6 rings (SSSR count). The van der Waals surface area contributed by atoms with Gasteiger partial charge in [-0.2, -0.15) is 0 Å². The number of halogens is 2. The molecular formula is C31H33ClFN3O5. The number of carboxylic acid groups (broad SMARTS) is 1. The number of rotatable bonds is 8. The van der Waals surface area contributed by atoms with E-state index in [2.05, 4.69) is 20.5 Å². The van der Waals surface area contributed by atoms with Crippen LogP contribution in [0.15, 0.2) is 48.7 Å². The number of aliphatic carboxylic acids is 1. The molecule has 216 valence electrons. The number of aromatic nitrogens is 2. The van der Waals surface area contributed by atoms with Crippen molar-refractivity contribution in [2.75, 3.05) is 26.3 Å². The highest BCUT2D eigenvalue weighted by molar-refractivity contribution is 6.30. The molecule has 0 saturated carbocycles. The van der Waals surface area contributed by atoms with Gasteiger partial charge in [0.25, 0.3) is 5.79 Å². The summed E-state index contributed by atoms with van der Waals surface area (Å²) in [5, 5.41) is 9.44. The summed E-state index contributed by atoms with van der Waals surface area (Å²) in [5.74, 6) is 0.148. The lowest BCUT2D eigenvalue weighted by atomic mass is 9.88. The number of ether oxygens (including phenoxy) is 3. The minimum Gasteiger partial charge on any atom is -0.478 e. The predicted molar refractivity (Wildman–Crippen MR) is 152 cm³/mol. The first-order chi connectivity index (χ1) is 19.8. The lowest BCUT2D eigenvalue weighted by Gasteiger charge is -2.32. The Hall–Kier alpha value is -3.40. The van der Waals surface area contributed by atoms with Gasteiger partial charge in [-0.05, 0) is 68.6 Å². The van der Waals surface area contributed by atoms with Crippen molar-refractivity contribution in [2.45, 2.75) is 51.0 Å². The van der Waals surface area contributed by atoms with Gasteiger partial charge >= 0.3 is 5.97 Å². The molecule has 0 bridgehead atoms. The van der Waals surface area contributed by atoms with Gasteiger partial charge in [0.05, 0.1) is 30.6 Å². The molecule has 0 aliphatic carbocycles. The third-order valence-corrected chi connectivity index (χ3v) is 8.49. The number of piperidine rings is 1. The highest BCUT2D eigenvalue weighted by Crippen LogP contribution is 2.49. The van der Waals surface area contributed by atoms with Crippen LogP contribution in [0.5, 0.6) is 11.5 Å². The highest BCUT2D eigenvalue weighted by Gasteiger charge is 2.43. The number of benzene rings is 2. The zero-order valence-electron chi connectivity index (χ0n) is 22.9. The summed E-state index contributed by atoms with van der Waals surface area (Å²) in [4.78, 5) is 18.2. The van der Waals surface area contributed by atoms with Crippen molar-refractivity contribution in [2.24, 2.45) is 5.92 Å². The van der Waals surface area contributed by atoms with Crippen molar-refractivity contribution in [1.29, 1.82) is 0 Å². The average molecular weight is 582 g/mol. The maximum absolute atomic E-state index is 14.8. The van der Waals surface area contributed by atoms with E-state index in [0.29, 0.717) is 41.2 Å². The molecule has 0 spiro atoms. The van der Waals surface area contributed by atoms with Crippen molar-refractivity contribution < 1.29 is 28.5 Å². The summed E-state index contributed by atoms with van der Waals surface area (Å²) < 4.78 is 35.0. The highest BCUT2D eigenvalue weighted by atomic mass is 35.5. The molecule has 10 heteroatoms. The number of para-hydroxylation sites is 1. The largest absolute Gasteiger partial charge is 0.478 e. The standard InChI is InChI=1S/C31H33ClFN3O5/c1-31(25-7-5-22(32)15-26(25)33)40-27-4-2-3-24(30(27)41-31)21-9-12-35(13-10-21)18-28-34-16-23(6-8-29(37)38)36(28)17-20-11-14-39-19-20/h2-8,15-16,20-21H,9-14,17-19H2,1H3,(H,37,38)/b8-6+/t20-,31?/m1/s1. The number of carboxylic acids is 1. The van der Waals surface area contributed by atoms with Crippen LogP contribution in [-0.2, 0) is 28.4 Å². The molecule has 0 radical (unpaired) electrons. The van der Waals surface area contributed by atoms with Crippen LogP contribution in [0.2, 0.25) is 5.02 Å². The van der Waals surface area contributed by atoms with Crippen LogP contribution in [0, 0.1) is 11.7 Å². The van der Waals surface area contributed by atoms with Crippen LogP contribution in [0.4, 0.5) is 4.39 Å². The molecule has 1 N–H and O–H groups in total.